The van der Waals surface area contributed by atoms with Crippen molar-refractivity contribution in [2.24, 2.45) is 0 Å². The van der Waals surface area contributed by atoms with E-state index in [9.17, 15) is 8.42 Å². The Balaban J connectivity index is 2.86. The SMILES string of the molecule is CNCCNS(=O)(=O)c1ccc(C)c(Cl)c1. The van der Waals surface area contributed by atoms with Gasteiger partial charge in [-0.15, -0.1) is 0 Å². The Morgan fingerprint density at radius 3 is 2.56 bits per heavy atom. The molecule has 0 saturated heterocycles. The molecule has 6 heteroatoms. The summed E-state index contributed by atoms with van der Waals surface area (Å²) < 4.78 is 26.0. The topological polar surface area (TPSA) is 58.2 Å². The van der Waals surface area contributed by atoms with Crippen molar-refractivity contribution in [3.8, 4) is 0 Å². The Labute approximate surface area is 101 Å². The predicted octanol–water partition coefficient (Wildman–Crippen LogP) is 1.15. The number of hydrogen-bond acceptors (Lipinski definition) is 3. The summed E-state index contributed by atoms with van der Waals surface area (Å²) in [5, 5.41) is 3.31. The molecule has 1 aromatic carbocycles. The molecular formula is C10H15ClN2O2S. The summed E-state index contributed by atoms with van der Waals surface area (Å²) in [5.41, 5.74) is 0.857. The van der Waals surface area contributed by atoms with Gasteiger partial charge >= 0.3 is 0 Å². The van der Waals surface area contributed by atoms with E-state index >= 15 is 0 Å². The minimum atomic E-state index is -3.45. The van der Waals surface area contributed by atoms with Crippen LogP contribution in [0.1, 0.15) is 5.56 Å². The maximum atomic E-state index is 11.8. The Hall–Kier alpha value is -0.620. The van der Waals surface area contributed by atoms with E-state index in [0.29, 0.717) is 18.1 Å². The zero-order valence-corrected chi connectivity index (χ0v) is 10.8. The lowest BCUT2D eigenvalue weighted by Crippen LogP contribution is -2.30. The number of nitrogens with one attached hydrogen (secondary N) is 2. The average molecular weight is 263 g/mol. The van der Waals surface area contributed by atoms with Crippen molar-refractivity contribution < 1.29 is 8.42 Å². The average Bonchev–Trinajstić information content (AvgIpc) is 2.22. The van der Waals surface area contributed by atoms with Crippen LogP contribution in [0.25, 0.3) is 0 Å². The molecule has 2 N–H and O–H groups in total. The molecule has 1 aromatic rings. The van der Waals surface area contributed by atoms with E-state index in [2.05, 4.69) is 10.0 Å². The van der Waals surface area contributed by atoms with Gasteiger partial charge in [0.15, 0.2) is 0 Å². The van der Waals surface area contributed by atoms with Gasteiger partial charge in [-0.3, -0.25) is 0 Å². The quantitative estimate of drug-likeness (QED) is 0.783. The first-order chi connectivity index (χ1) is 7.47. The van der Waals surface area contributed by atoms with Gasteiger partial charge in [0.25, 0.3) is 0 Å². The van der Waals surface area contributed by atoms with E-state index in [1.807, 2.05) is 6.92 Å². The Morgan fingerprint density at radius 2 is 2.00 bits per heavy atom. The largest absolute Gasteiger partial charge is 0.318 e. The molecule has 0 spiro atoms. The first kappa shape index (κ1) is 13.4. The molecular weight excluding hydrogens is 248 g/mol. The number of sulfonamides is 1. The normalized spacial score (nSPS) is 11.7. The van der Waals surface area contributed by atoms with Gasteiger partial charge in [0.2, 0.25) is 10.0 Å². The monoisotopic (exact) mass is 262 g/mol. The maximum Gasteiger partial charge on any atom is 0.240 e. The highest BCUT2D eigenvalue weighted by Gasteiger charge is 2.13. The van der Waals surface area contributed by atoms with Crippen molar-refractivity contribution in [2.45, 2.75) is 11.8 Å². The number of hydrogen-bond donors (Lipinski definition) is 2. The van der Waals surface area contributed by atoms with Crippen LogP contribution < -0.4 is 10.0 Å². The van der Waals surface area contributed by atoms with Crippen LogP contribution in [0.3, 0.4) is 0 Å². The standard InChI is InChI=1S/C10H15ClN2O2S/c1-8-3-4-9(7-10(8)11)16(14,15)13-6-5-12-2/h3-4,7,12-13H,5-6H2,1-2H3. The number of benzene rings is 1. The highest BCUT2D eigenvalue weighted by atomic mass is 35.5. The van der Waals surface area contributed by atoms with Crippen molar-refractivity contribution in [1.82, 2.24) is 10.0 Å². The third-order valence-electron chi connectivity index (χ3n) is 2.12. The van der Waals surface area contributed by atoms with E-state index in [0.717, 1.165) is 5.56 Å². The van der Waals surface area contributed by atoms with Gasteiger partial charge < -0.3 is 5.32 Å². The highest BCUT2D eigenvalue weighted by molar-refractivity contribution is 7.89. The molecule has 1 rings (SSSR count). The molecule has 16 heavy (non-hydrogen) atoms. The lowest BCUT2D eigenvalue weighted by atomic mass is 10.2. The molecule has 0 aromatic heterocycles. The zero-order chi connectivity index (χ0) is 12.2. The number of likely N-dealkylation sites (N-methyl/N-ethyl adjacent to an activating group) is 1. The Bertz CT molecular complexity index is 460. The molecule has 0 unspecified atom stereocenters. The molecule has 0 atom stereocenters. The summed E-state index contributed by atoms with van der Waals surface area (Å²) in [7, 11) is -1.69. The van der Waals surface area contributed by atoms with Crippen LogP contribution in [0.2, 0.25) is 5.02 Å². The summed E-state index contributed by atoms with van der Waals surface area (Å²) in [5.74, 6) is 0. The molecule has 0 fully saturated rings. The van der Waals surface area contributed by atoms with Crippen LogP contribution in [-0.4, -0.2) is 28.6 Å². The third-order valence-corrected chi connectivity index (χ3v) is 3.99. The van der Waals surface area contributed by atoms with E-state index in [1.165, 1.54) is 6.07 Å². The van der Waals surface area contributed by atoms with Gasteiger partial charge in [-0.05, 0) is 31.7 Å². The van der Waals surface area contributed by atoms with Crippen LogP contribution in [-0.2, 0) is 10.0 Å². The van der Waals surface area contributed by atoms with Gasteiger partial charge in [0, 0.05) is 18.1 Å². The molecule has 4 nitrogen and oxygen atoms in total. The molecule has 0 amide bonds. The van der Waals surface area contributed by atoms with Crippen molar-refractivity contribution in [1.29, 1.82) is 0 Å². The lowest BCUT2D eigenvalue weighted by Gasteiger charge is -2.07. The minimum absolute atomic E-state index is 0.194. The molecule has 0 radical (unpaired) electrons. The summed E-state index contributed by atoms with van der Waals surface area (Å²) >= 11 is 5.88. The van der Waals surface area contributed by atoms with Crippen LogP contribution in [0, 0.1) is 6.92 Å². The summed E-state index contributed by atoms with van der Waals surface area (Å²) in [4.78, 5) is 0.194. The fraction of sp³-hybridized carbons (Fsp3) is 0.400. The molecule has 0 bridgehead atoms. The second kappa shape index (κ2) is 5.63. The second-order valence-corrected chi connectivity index (χ2v) is 5.59. The van der Waals surface area contributed by atoms with Crippen molar-refractivity contribution >= 4 is 21.6 Å². The van der Waals surface area contributed by atoms with Gasteiger partial charge in [-0.1, -0.05) is 17.7 Å². The summed E-state index contributed by atoms with van der Waals surface area (Å²) in [6.45, 7) is 2.76. The summed E-state index contributed by atoms with van der Waals surface area (Å²) in [6, 6.07) is 4.69. The van der Waals surface area contributed by atoms with E-state index in [-0.39, 0.29) is 4.90 Å². The fourth-order valence-electron chi connectivity index (χ4n) is 1.13. The smallest absolute Gasteiger partial charge is 0.240 e. The van der Waals surface area contributed by atoms with Crippen molar-refractivity contribution in [3.05, 3.63) is 28.8 Å². The van der Waals surface area contributed by atoms with Gasteiger partial charge in [-0.25, -0.2) is 13.1 Å². The van der Waals surface area contributed by atoms with Gasteiger partial charge in [0.05, 0.1) is 4.90 Å². The molecule has 0 aliphatic heterocycles. The zero-order valence-electron chi connectivity index (χ0n) is 9.25. The summed E-state index contributed by atoms with van der Waals surface area (Å²) in [6.07, 6.45) is 0. The van der Waals surface area contributed by atoms with E-state index in [4.69, 9.17) is 11.6 Å². The Kier molecular flexibility index (Phi) is 4.73. The first-order valence-electron chi connectivity index (χ1n) is 4.88. The second-order valence-electron chi connectivity index (χ2n) is 3.41. The van der Waals surface area contributed by atoms with Gasteiger partial charge in [0.1, 0.15) is 0 Å². The van der Waals surface area contributed by atoms with Crippen LogP contribution in [0.5, 0.6) is 0 Å². The van der Waals surface area contributed by atoms with Crippen molar-refractivity contribution in [2.75, 3.05) is 20.1 Å². The number of aryl methyl sites for hydroxylation is 1. The molecule has 0 heterocycles. The number of halogens is 1. The lowest BCUT2D eigenvalue weighted by molar-refractivity contribution is 0.579. The minimum Gasteiger partial charge on any atom is -0.318 e. The number of rotatable bonds is 5. The third kappa shape index (κ3) is 3.45. The fourth-order valence-corrected chi connectivity index (χ4v) is 2.44. The molecule has 90 valence electrons. The molecule has 0 aliphatic rings. The van der Waals surface area contributed by atoms with Crippen LogP contribution >= 0.6 is 11.6 Å². The van der Waals surface area contributed by atoms with E-state index in [1.54, 1.807) is 19.2 Å². The maximum absolute atomic E-state index is 11.8. The van der Waals surface area contributed by atoms with E-state index < -0.39 is 10.0 Å². The highest BCUT2D eigenvalue weighted by Crippen LogP contribution is 2.19. The predicted molar refractivity (Wildman–Crippen MR) is 65.3 cm³/mol. The molecule has 0 saturated carbocycles. The first-order valence-corrected chi connectivity index (χ1v) is 6.74. The molecule has 0 aliphatic carbocycles. The Morgan fingerprint density at radius 1 is 1.31 bits per heavy atom. The van der Waals surface area contributed by atoms with Crippen LogP contribution in [0.15, 0.2) is 23.1 Å². The van der Waals surface area contributed by atoms with Crippen LogP contribution in [0.4, 0.5) is 0 Å². The van der Waals surface area contributed by atoms with Gasteiger partial charge in [-0.2, -0.15) is 0 Å². The van der Waals surface area contributed by atoms with Crippen molar-refractivity contribution in [3.63, 3.8) is 0 Å².